The van der Waals surface area contributed by atoms with Gasteiger partial charge in [0, 0.05) is 6.42 Å². The lowest BCUT2D eigenvalue weighted by Gasteiger charge is -2.06. The Morgan fingerprint density at radius 1 is 1.13 bits per heavy atom. The standard InChI is InChI=1S/C14H18O/c1-11-4-3-5-12(2)10-14-13(7-6-11)8-9-15-14/h5-6,8-9H,3-4,7,10H2,1-2H3/b11-6+,12-5-. The molecule has 15 heavy (non-hydrogen) atoms. The van der Waals surface area contributed by atoms with E-state index in [1.54, 1.807) is 6.26 Å². The molecule has 0 atom stereocenters. The summed E-state index contributed by atoms with van der Waals surface area (Å²) in [5.41, 5.74) is 4.23. The number of allylic oxidation sites excluding steroid dienone is 4. The first kappa shape index (κ1) is 10.3. The molecule has 0 fully saturated rings. The first-order valence-electron chi connectivity index (χ1n) is 5.62. The molecule has 1 aliphatic carbocycles. The lowest BCUT2D eigenvalue weighted by atomic mass is 10.0. The third-order valence-corrected chi connectivity index (χ3v) is 2.98. The zero-order chi connectivity index (χ0) is 10.7. The summed E-state index contributed by atoms with van der Waals surface area (Å²) >= 11 is 0. The molecule has 1 aliphatic rings. The molecule has 1 heteroatoms. The van der Waals surface area contributed by atoms with Crippen LogP contribution in [0.4, 0.5) is 0 Å². The molecule has 0 unspecified atom stereocenters. The molecular formula is C14H18O. The molecule has 0 aromatic carbocycles. The molecule has 1 heterocycles. The molecular weight excluding hydrogens is 184 g/mol. The summed E-state index contributed by atoms with van der Waals surface area (Å²) < 4.78 is 5.52. The van der Waals surface area contributed by atoms with Gasteiger partial charge < -0.3 is 4.42 Å². The molecule has 0 aliphatic heterocycles. The van der Waals surface area contributed by atoms with Crippen LogP contribution in [0.1, 0.15) is 38.0 Å². The van der Waals surface area contributed by atoms with Crippen LogP contribution in [0.3, 0.4) is 0 Å². The van der Waals surface area contributed by atoms with Gasteiger partial charge in [-0.2, -0.15) is 0 Å². The van der Waals surface area contributed by atoms with Gasteiger partial charge in [-0.1, -0.05) is 23.3 Å². The molecule has 0 bridgehead atoms. The molecule has 1 nitrogen and oxygen atoms in total. The summed E-state index contributed by atoms with van der Waals surface area (Å²) in [7, 11) is 0. The minimum atomic E-state index is 0.967. The van der Waals surface area contributed by atoms with Crippen LogP contribution in [-0.4, -0.2) is 0 Å². The predicted molar refractivity (Wildman–Crippen MR) is 62.9 cm³/mol. The maximum Gasteiger partial charge on any atom is 0.111 e. The maximum atomic E-state index is 5.52. The highest BCUT2D eigenvalue weighted by Crippen LogP contribution is 2.19. The van der Waals surface area contributed by atoms with E-state index in [-0.39, 0.29) is 0 Å². The molecule has 0 saturated heterocycles. The smallest absolute Gasteiger partial charge is 0.111 e. The third-order valence-electron chi connectivity index (χ3n) is 2.98. The van der Waals surface area contributed by atoms with Crippen molar-refractivity contribution in [3.63, 3.8) is 0 Å². The topological polar surface area (TPSA) is 13.1 Å². The van der Waals surface area contributed by atoms with Crippen molar-refractivity contribution in [2.75, 3.05) is 0 Å². The van der Waals surface area contributed by atoms with Crippen LogP contribution < -0.4 is 0 Å². The van der Waals surface area contributed by atoms with E-state index in [1.165, 1.54) is 23.1 Å². The van der Waals surface area contributed by atoms with Crippen molar-refractivity contribution < 1.29 is 4.42 Å². The first-order valence-corrected chi connectivity index (χ1v) is 5.62. The van der Waals surface area contributed by atoms with Gasteiger partial charge in [-0.15, -0.1) is 0 Å². The number of furan rings is 1. The summed E-state index contributed by atoms with van der Waals surface area (Å²) in [6, 6.07) is 2.09. The average molecular weight is 202 g/mol. The summed E-state index contributed by atoms with van der Waals surface area (Å²) in [5, 5.41) is 0. The second-order valence-corrected chi connectivity index (χ2v) is 4.39. The van der Waals surface area contributed by atoms with Crippen LogP contribution in [0.5, 0.6) is 0 Å². The van der Waals surface area contributed by atoms with E-state index in [4.69, 9.17) is 4.42 Å². The van der Waals surface area contributed by atoms with Gasteiger partial charge in [-0.25, -0.2) is 0 Å². The van der Waals surface area contributed by atoms with E-state index in [1.807, 2.05) is 0 Å². The SMILES string of the molecule is C/C1=C/CC/C(C)=C/Cc2ccoc2C1. The fourth-order valence-corrected chi connectivity index (χ4v) is 1.96. The maximum absolute atomic E-state index is 5.52. The Morgan fingerprint density at radius 3 is 2.87 bits per heavy atom. The van der Waals surface area contributed by atoms with Crippen LogP contribution in [-0.2, 0) is 12.8 Å². The van der Waals surface area contributed by atoms with Crippen molar-refractivity contribution in [2.24, 2.45) is 0 Å². The first-order chi connectivity index (χ1) is 7.25. The van der Waals surface area contributed by atoms with Crippen molar-refractivity contribution in [1.29, 1.82) is 0 Å². The van der Waals surface area contributed by atoms with E-state index < -0.39 is 0 Å². The van der Waals surface area contributed by atoms with E-state index in [9.17, 15) is 0 Å². The van der Waals surface area contributed by atoms with Crippen molar-refractivity contribution >= 4 is 0 Å². The normalized spacial score (nSPS) is 24.7. The predicted octanol–water partition coefficient (Wildman–Crippen LogP) is 4.05. The van der Waals surface area contributed by atoms with Crippen molar-refractivity contribution in [1.82, 2.24) is 0 Å². The minimum absolute atomic E-state index is 0.967. The van der Waals surface area contributed by atoms with Gasteiger partial charge in [0.05, 0.1) is 6.26 Å². The summed E-state index contributed by atoms with van der Waals surface area (Å²) in [6.45, 7) is 4.40. The van der Waals surface area contributed by atoms with Crippen molar-refractivity contribution in [3.8, 4) is 0 Å². The Balaban J connectivity index is 2.29. The number of rotatable bonds is 0. The van der Waals surface area contributed by atoms with Crippen LogP contribution in [0.2, 0.25) is 0 Å². The summed E-state index contributed by atoms with van der Waals surface area (Å²) in [5.74, 6) is 1.13. The van der Waals surface area contributed by atoms with Gasteiger partial charge in [0.2, 0.25) is 0 Å². The van der Waals surface area contributed by atoms with E-state index >= 15 is 0 Å². The summed E-state index contributed by atoms with van der Waals surface area (Å²) in [6.07, 6.45) is 10.8. The van der Waals surface area contributed by atoms with E-state index in [0.29, 0.717) is 0 Å². The minimum Gasteiger partial charge on any atom is -0.469 e. The lowest BCUT2D eigenvalue weighted by molar-refractivity contribution is 0.515. The largest absolute Gasteiger partial charge is 0.469 e. The average Bonchev–Trinajstić information content (AvgIpc) is 2.62. The van der Waals surface area contributed by atoms with Crippen LogP contribution in [0, 0.1) is 0 Å². The second kappa shape index (κ2) is 4.52. The lowest BCUT2D eigenvalue weighted by Crippen LogP contribution is -1.93. The van der Waals surface area contributed by atoms with Gasteiger partial charge in [-0.05, 0) is 44.7 Å². The number of fused-ring (bicyclic) bond motifs is 1. The molecule has 0 amide bonds. The van der Waals surface area contributed by atoms with Gasteiger partial charge in [0.1, 0.15) is 5.76 Å². The Labute approximate surface area is 91.5 Å². The highest BCUT2D eigenvalue weighted by atomic mass is 16.3. The van der Waals surface area contributed by atoms with Gasteiger partial charge >= 0.3 is 0 Å². The number of hydrogen-bond donors (Lipinski definition) is 0. The molecule has 0 N–H and O–H groups in total. The Morgan fingerprint density at radius 2 is 2.00 bits per heavy atom. The van der Waals surface area contributed by atoms with Gasteiger partial charge in [0.25, 0.3) is 0 Å². The number of hydrogen-bond acceptors (Lipinski definition) is 1. The molecule has 0 spiro atoms. The fraction of sp³-hybridized carbons (Fsp3) is 0.429. The molecule has 1 aromatic rings. The monoisotopic (exact) mass is 202 g/mol. The molecule has 0 radical (unpaired) electrons. The van der Waals surface area contributed by atoms with Crippen LogP contribution >= 0.6 is 0 Å². The Kier molecular flexibility index (Phi) is 3.10. The van der Waals surface area contributed by atoms with E-state index in [2.05, 4.69) is 32.1 Å². The highest BCUT2D eigenvalue weighted by molar-refractivity contribution is 5.26. The van der Waals surface area contributed by atoms with Crippen LogP contribution in [0.25, 0.3) is 0 Å². The molecule has 2 rings (SSSR count). The van der Waals surface area contributed by atoms with Crippen LogP contribution in [0.15, 0.2) is 40.0 Å². The van der Waals surface area contributed by atoms with Crippen molar-refractivity contribution in [3.05, 3.63) is 47.0 Å². The van der Waals surface area contributed by atoms with Gasteiger partial charge in [-0.3, -0.25) is 0 Å². The Hall–Kier alpha value is -1.24. The zero-order valence-electron chi connectivity index (χ0n) is 9.55. The quantitative estimate of drug-likeness (QED) is 0.578. The van der Waals surface area contributed by atoms with Gasteiger partial charge in [0.15, 0.2) is 0 Å². The summed E-state index contributed by atoms with van der Waals surface area (Å²) in [4.78, 5) is 0. The van der Waals surface area contributed by atoms with E-state index in [0.717, 1.165) is 25.0 Å². The Bertz CT molecular complexity index is 393. The fourth-order valence-electron chi connectivity index (χ4n) is 1.96. The molecule has 1 aromatic heterocycles. The second-order valence-electron chi connectivity index (χ2n) is 4.39. The molecule has 0 saturated carbocycles. The zero-order valence-corrected chi connectivity index (χ0v) is 9.55. The highest BCUT2D eigenvalue weighted by Gasteiger charge is 2.07. The molecule has 80 valence electrons. The van der Waals surface area contributed by atoms with Crippen molar-refractivity contribution in [2.45, 2.75) is 39.5 Å². The third kappa shape index (κ3) is 2.62.